The van der Waals surface area contributed by atoms with Gasteiger partial charge >= 0.3 is 0 Å². The number of benzene rings is 2. The lowest BCUT2D eigenvalue weighted by molar-refractivity contribution is 0.714. The zero-order valence-corrected chi connectivity index (χ0v) is 22.6. The third-order valence-corrected chi connectivity index (χ3v) is 6.12. The van der Waals surface area contributed by atoms with Gasteiger partial charge in [-0.2, -0.15) is 5.26 Å². The molecular weight excluding hydrogens is 398 g/mol. The molecular formula is C32H47N. The van der Waals surface area contributed by atoms with Crippen molar-refractivity contribution >= 4 is 6.08 Å². The quantitative estimate of drug-likeness (QED) is 0.293. The van der Waals surface area contributed by atoms with Crippen molar-refractivity contribution in [3.8, 4) is 6.07 Å². The van der Waals surface area contributed by atoms with E-state index in [0.29, 0.717) is 0 Å². The molecule has 0 spiro atoms. The standard InChI is InChI=1S/C14H19N.C10H12.C8H16/c1-5-12-7-8-14(11(4)10(12)3)13(6-2)9-15;1-4-10-7-8(2)5-6-9(10)3;1-4-5-6-7-8(2)3/h7-8,13H,5-6H2,1-4H3;4-7H,1H2,2-3H3;2,4-7H2,1,3H3. The van der Waals surface area contributed by atoms with E-state index < -0.39 is 0 Å². The molecule has 0 bridgehead atoms. The monoisotopic (exact) mass is 445 g/mol. The summed E-state index contributed by atoms with van der Waals surface area (Å²) >= 11 is 0. The molecule has 1 nitrogen and oxygen atoms in total. The normalized spacial score (nSPS) is 10.6. The molecule has 0 saturated heterocycles. The Morgan fingerprint density at radius 3 is 2.12 bits per heavy atom. The molecule has 0 aromatic heterocycles. The predicted molar refractivity (Wildman–Crippen MR) is 149 cm³/mol. The third kappa shape index (κ3) is 11.2. The van der Waals surface area contributed by atoms with Gasteiger partial charge in [-0.25, -0.2) is 0 Å². The number of nitrogens with zero attached hydrogens (tertiary/aromatic N) is 1. The van der Waals surface area contributed by atoms with Crippen LogP contribution in [0, 0.1) is 39.0 Å². The van der Waals surface area contributed by atoms with E-state index in [1.165, 1.54) is 70.2 Å². The van der Waals surface area contributed by atoms with Crippen molar-refractivity contribution in [2.24, 2.45) is 0 Å². The van der Waals surface area contributed by atoms with Gasteiger partial charge in [-0.1, -0.05) is 87.7 Å². The van der Waals surface area contributed by atoms with Crippen molar-refractivity contribution in [3.63, 3.8) is 0 Å². The van der Waals surface area contributed by atoms with Gasteiger partial charge in [-0.3, -0.25) is 0 Å². The number of hydrogen-bond donors (Lipinski definition) is 0. The average Bonchev–Trinajstić information content (AvgIpc) is 2.80. The van der Waals surface area contributed by atoms with Gasteiger partial charge in [-0.15, -0.1) is 6.58 Å². The SMILES string of the molecule is C=C(C)CCCCC.C=Cc1cc(C)ccc1C.CCc1ccc(C(C#N)CC)c(C)c1C. The summed E-state index contributed by atoms with van der Waals surface area (Å²) in [5.74, 6) is 0.0506. The molecule has 2 aromatic rings. The highest BCUT2D eigenvalue weighted by molar-refractivity contribution is 5.52. The maximum absolute atomic E-state index is 9.07. The van der Waals surface area contributed by atoms with E-state index in [2.05, 4.69) is 105 Å². The first-order valence-electron chi connectivity index (χ1n) is 12.5. The van der Waals surface area contributed by atoms with Crippen LogP contribution in [-0.4, -0.2) is 0 Å². The second kappa shape index (κ2) is 17.0. The highest BCUT2D eigenvalue weighted by Crippen LogP contribution is 2.26. The van der Waals surface area contributed by atoms with Gasteiger partial charge < -0.3 is 0 Å². The van der Waals surface area contributed by atoms with Gasteiger partial charge in [0.25, 0.3) is 0 Å². The maximum atomic E-state index is 9.07. The summed E-state index contributed by atoms with van der Waals surface area (Å²) < 4.78 is 0. The molecule has 2 rings (SSSR count). The molecule has 33 heavy (non-hydrogen) atoms. The van der Waals surface area contributed by atoms with Crippen LogP contribution in [0.2, 0.25) is 0 Å². The fourth-order valence-corrected chi connectivity index (χ4v) is 3.70. The van der Waals surface area contributed by atoms with Crippen molar-refractivity contribution in [2.45, 2.75) is 99.8 Å². The van der Waals surface area contributed by atoms with Crippen LogP contribution in [0.15, 0.2) is 49.1 Å². The molecule has 0 saturated carbocycles. The van der Waals surface area contributed by atoms with Gasteiger partial charge in [0.1, 0.15) is 0 Å². The summed E-state index contributed by atoms with van der Waals surface area (Å²) in [5, 5.41) is 9.07. The van der Waals surface area contributed by atoms with Crippen LogP contribution in [0.5, 0.6) is 0 Å². The Bertz CT molecular complexity index is 911. The number of nitriles is 1. The largest absolute Gasteiger partial charge is 0.198 e. The van der Waals surface area contributed by atoms with Gasteiger partial charge in [0.15, 0.2) is 0 Å². The molecule has 1 atom stereocenters. The van der Waals surface area contributed by atoms with Gasteiger partial charge in [-0.05, 0) is 93.7 Å². The Balaban J connectivity index is 0.000000495. The Kier molecular flexibility index (Phi) is 15.6. The summed E-state index contributed by atoms with van der Waals surface area (Å²) in [7, 11) is 0. The van der Waals surface area contributed by atoms with Crippen LogP contribution in [0.3, 0.4) is 0 Å². The van der Waals surface area contributed by atoms with Gasteiger partial charge in [0.05, 0.1) is 12.0 Å². The van der Waals surface area contributed by atoms with E-state index in [0.717, 1.165) is 12.8 Å². The van der Waals surface area contributed by atoms with Crippen LogP contribution in [0.1, 0.15) is 105 Å². The van der Waals surface area contributed by atoms with E-state index in [9.17, 15) is 0 Å². The van der Waals surface area contributed by atoms with E-state index in [-0.39, 0.29) is 5.92 Å². The lowest BCUT2D eigenvalue weighted by Gasteiger charge is -2.15. The van der Waals surface area contributed by atoms with Crippen LogP contribution in [-0.2, 0) is 6.42 Å². The number of aryl methyl sites for hydroxylation is 3. The fraction of sp³-hybridized carbons (Fsp3) is 0.469. The second-order valence-electron chi connectivity index (χ2n) is 8.99. The maximum Gasteiger partial charge on any atom is 0.0712 e. The van der Waals surface area contributed by atoms with E-state index in [1.54, 1.807) is 0 Å². The first kappa shape index (κ1) is 30.4. The van der Waals surface area contributed by atoms with Crippen LogP contribution in [0.25, 0.3) is 6.08 Å². The zero-order valence-electron chi connectivity index (χ0n) is 22.6. The van der Waals surface area contributed by atoms with E-state index in [4.69, 9.17) is 5.26 Å². The molecule has 0 aliphatic rings. The van der Waals surface area contributed by atoms with Crippen molar-refractivity contribution < 1.29 is 0 Å². The lowest BCUT2D eigenvalue weighted by Crippen LogP contribution is -2.01. The van der Waals surface area contributed by atoms with Gasteiger partial charge in [0, 0.05) is 0 Å². The summed E-state index contributed by atoms with van der Waals surface area (Å²) in [5.41, 5.74) is 10.4. The molecule has 0 aliphatic carbocycles. The lowest BCUT2D eigenvalue weighted by atomic mass is 9.89. The summed E-state index contributed by atoms with van der Waals surface area (Å²) in [6, 6.07) is 13.0. The van der Waals surface area contributed by atoms with Crippen LogP contribution < -0.4 is 0 Å². The zero-order chi connectivity index (χ0) is 25.4. The molecule has 0 fully saturated rings. The molecule has 0 N–H and O–H groups in total. The fourth-order valence-electron chi connectivity index (χ4n) is 3.70. The highest BCUT2D eigenvalue weighted by atomic mass is 14.3. The Hall–Kier alpha value is -2.59. The molecule has 0 radical (unpaired) electrons. The molecule has 2 aromatic carbocycles. The molecule has 1 heteroatoms. The van der Waals surface area contributed by atoms with Crippen molar-refractivity contribution in [1.29, 1.82) is 5.26 Å². The second-order valence-corrected chi connectivity index (χ2v) is 8.99. The number of unbranched alkanes of at least 4 members (excludes halogenated alkanes) is 2. The number of allylic oxidation sites excluding steroid dienone is 1. The highest BCUT2D eigenvalue weighted by Gasteiger charge is 2.13. The summed E-state index contributed by atoms with van der Waals surface area (Å²) in [4.78, 5) is 0. The first-order chi connectivity index (χ1) is 15.7. The van der Waals surface area contributed by atoms with Gasteiger partial charge in [0.2, 0.25) is 0 Å². The Morgan fingerprint density at radius 2 is 1.67 bits per heavy atom. The topological polar surface area (TPSA) is 23.8 Å². The van der Waals surface area contributed by atoms with Crippen LogP contribution in [0.4, 0.5) is 0 Å². The first-order valence-corrected chi connectivity index (χ1v) is 12.5. The smallest absolute Gasteiger partial charge is 0.0712 e. The predicted octanol–water partition coefficient (Wildman–Crippen LogP) is 9.97. The Labute approximate surface area is 205 Å². The molecule has 0 aliphatic heterocycles. The minimum atomic E-state index is 0.0506. The van der Waals surface area contributed by atoms with E-state index >= 15 is 0 Å². The minimum absolute atomic E-state index is 0.0506. The summed E-state index contributed by atoms with van der Waals surface area (Å²) in [6.07, 6.45) is 9.06. The number of hydrogen-bond acceptors (Lipinski definition) is 1. The number of rotatable bonds is 8. The summed E-state index contributed by atoms with van der Waals surface area (Å²) in [6.45, 7) is 24.6. The molecule has 0 amide bonds. The molecule has 180 valence electrons. The third-order valence-electron chi connectivity index (χ3n) is 6.12. The van der Waals surface area contributed by atoms with Crippen molar-refractivity contribution in [2.75, 3.05) is 0 Å². The van der Waals surface area contributed by atoms with Crippen LogP contribution >= 0.6 is 0 Å². The van der Waals surface area contributed by atoms with E-state index in [1.807, 2.05) is 6.08 Å². The minimum Gasteiger partial charge on any atom is -0.198 e. The average molecular weight is 446 g/mol. The van der Waals surface area contributed by atoms with Crippen molar-refractivity contribution in [1.82, 2.24) is 0 Å². The van der Waals surface area contributed by atoms with Crippen molar-refractivity contribution in [3.05, 3.63) is 88.0 Å². The molecule has 1 unspecified atom stereocenters. The molecule has 0 heterocycles. The Morgan fingerprint density at radius 1 is 1.00 bits per heavy atom.